The van der Waals surface area contributed by atoms with Gasteiger partial charge in [-0.15, -0.1) is 0 Å². The summed E-state index contributed by atoms with van der Waals surface area (Å²) in [6.07, 6.45) is 0. The van der Waals surface area contributed by atoms with E-state index in [1.165, 1.54) is 0 Å². The molecule has 0 bridgehead atoms. The van der Waals surface area contributed by atoms with Gasteiger partial charge in [-0.2, -0.15) is 0 Å². The van der Waals surface area contributed by atoms with E-state index in [0.717, 1.165) is 11.3 Å². The Morgan fingerprint density at radius 3 is 1.88 bits per heavy atom. The first-order valence-electron chi connectivity index (χ1n) is 8.45. The Balaban J connectivity index is 1.85. The standard InChI is InChI=1S/C21H22N2O2S/c1-23(19-13-7-3-8-14-19)21(18-11-5-2-6-12-18)17-22-26(24,25)20-15-9-4-10-16-20/h2-16,21-22H,17H2,1H3/t21-/m0/s1. The average molecular weight is 366 g/mol. The number of hydrogen-bond acceptors (Lipinski definition) is 3. The molecule has 0 radical (unpaired) electrons. The molecule has 5 heteroatoms. The van der Waals surface area contributed by atoms with E-state index in [0.29, 0.717) is 0 Å². The van der Waals surface area contributed by atoms with Gasteiger partial charge in [-0.25, -0.2) is 13.1 Å². The van der Waals surface area contributed by atoms with Crippen LogP contribution in [0, 0.1) is 0 Å². The number of rotatable bonds is 7. The van der Waals surface area contributed by atoms with Crippen molar-refractivity contribution in [3.63, 3.8) is 0 Å². The molecule has 0 fully saturated rings. The molecular formula is C21H22N2O2S. The first-order chi connectivity index (χ1) is 12.6. The number of hydrogen-bond donors (Lipinski definition) is 1. The smallest absolute Gasteiger partial charge is 0.240 e. The summed E-state index contributed by atoms with van der Waals surface area (Å²) in [5.74, 6) is 0. The van der Waals surface area contributed by atoms with Crippen LogP contribution in [0.2, 0.25) is 0 Å². The zero-order valence-electron chi connectivity index (χ0n) is 14.6. The SMILES string of the molecule is CN(c1ccccc1)[C@@H](CNS(=O)(=O)c1ccccc1)c1ccccc1. The van der Waals surface area contributed by atoms with E-state index in [2.05, 4.69) is 9.62 Å². The van der Waals surface area contributed by atoms with Crippen LogP contribution in [-0.4, -0.2) is 22.0 Å². The Hall–Kier alpha value is -2.63. The highest BCUT2D eigenvalue weighted by Gasteiger charge is 2.21. The van der Waals surface area contributed by atoms with Crippen molar-refractivity contribution < 1.29 is 8.42 Å². The normalized spacial score (nSPS) is 12.5. The molecule has 134 valence electrons. The predicted molar refractivity (Wildman–Crippen MR) is 106 cm³/mol. The van der Waals surface area contributed by atoms with Gasteiger partial charge in [-0.05, 0) is 29.8 Å². The first-order valence-corrected chi connectivity index (χ1v) is 9.94. The molecule has 0 saturated heterocycles. The van der Waals surface area contributed by atoms with Gasteiger partial charge in [0.05, 0.1) is 10.9 Å². The molecule has 0 unspecified atom stereocenters. The minimum Gasteiger partial charge on any atom is -0.366 e. The molecule has 0 spiro atoms. The summed E-state index contributed by atoms with van der Waals surface area (Å²) in [7, 11) is -1.58. The summed E-state index contributed by atoms with van der Waals surface area (Å²) < 4.78 is 27.9. The monoisotopic (exact) mass is 366 g/mol. The van der Waals surface area contributed by atoms with Crippen molar-refractivity contribution in [2.45, 2.75) is 10.9 Å². The van der Waals surface area contributed by atoms with Crippen LogP contribution in [0.1, 0.15) is 11.6 Å². The Morgan fingerprint density at radius 2 is 1.31 bits per heavy atom. The minimum atomic E-state index is -3.56. The highest BCUT2D eigenvalue weighted by atomic mass is 32.2. The summed E-state index contributed by atoms with van der Waals surface area (Å²) in [5.41, 5.74) is 2.08. The average Bonchev–Trinajstić information content (AvgIpc) is 2.70. The van der Waals surface area contributed by atoms with Crippen molar-refractivity contribution in [2.75, 3.05) is 18.5 Å². The Morgan fingerprint density at radius 1 is 0.808 bits per heavy atom. The number of benzene rings is 3. The van der Waals surface area contributed by atoms with Crippen LogP contribution in [0.5, 0.6) is 0 Å². The Labute approximate surface area is 155 Å². The van der Waals surface area contributed by atoms with Crippen molar-refractivity contribution >= 4 is 15.7 Å². The van der Waals surface area contributed by atoms with E-state index in [1.807, 2.05) is 67.7 Å². The van der Waals surface area contributed by atoms with Gasteiger partial charge in [0.15, 0.2) is 0 Å². The Bertz CT molecular complexity index is 914. The van der Waals surface area contributed by atoms with Crippen molar-refractivity contribution in [1.29, 1.82) is 0 Å². The molecule has 1 atom stereocenters. The van der Waals surface area contributed by atoms with E-state index in [9.17, 15) is 8.42 Å². The van der Waals surface area contributed by atoms with Gasteiger partial charge in [-0.1, -0.05) is 66.7 Å². The fourth-order valence-corrected chi connectivity index (χ4v) is 3.93. The quantitative estimate of drug-likeness (QED) is 0.691. The van der Waals surface area contributed by atoms with Crippen LogP contribution in [0.15, 0.2) is 95.9 Å². The summed E-state index contributed by atoms with van der Waals surface area (Å²) >= 11 is 0. The summed E-state index contributed by atoms with van der Waals surface area (Å²) in [4.78, 5) is 2.36. The number of para-hydroxylation sites is 1. The molecule has 26 heavy (non-hydrogen) atoms. The maximum absolute atomic E-state index is 12.6. The lowest BCUT2D eigenvalue weighted by Gasteiger charge is -2.30. The second kappa shape index (κ2) is 8.17. The van der Waals surface area contributed by atoms with Crippen molar-refractivity contribution in [2.24, 2.45) is 0 Å². The summed E-state index contributed by atoms with van der Waals surface area (Å²) in [6, 6.07) is 28.2. The fourth-order valence-electron chi connectivity index (χ4n) is 2.87. The lowest BCUT2D eigenvalue weighted by molar-refractivity contribution is 0.567. The topological polar surface area (TPSA) is 49.4 Å². The van der Waals surface area contributed by atoms with Crippen LogP contribution in [-0.2, 0) is 10.0 Å². The van der Waals surface area contributed by atoms with Gasteiger partial charge < -0.3 is 4.90 Å². The summed E-state index contributed by atoms with van der Waals surface area (Å²) in [5, 5.41) is 0. The van der Waals surface area contributed by atoms with Crippen molar-refractivity contribution in [1.82, 2.24) is 4.72 Å². The largest absolute Gasteiger partial charge is 0.366 e. The van der Waals surface area contributed by atoms with Crippen LogP contribution in [0.4, 0.5) is 5.69 Å². The van der Waals surface area contributed by atoms with Gasteiger partial charge >= 0.3 is 0 Å². The predicted octanol–water partition coefficient (Wildman–Crippen LogP) is 3.84. The molecule has 0 heterocycles. The van der Waals surface area contributed by atoms with Crippen molar-refractivity contribution in [3.8, 4) is 0 Å². The minimum absolute atomic E-state index is 0.128. The molecular weight excluding hydrogens is 344 g/mol. The highest BCUT2D eigenvalue weighted by molar-refractivity contribution is 7.89. The van der Waals surface area contributed by atoms with Crippen LogP contribution >= 0.6 is 0 Å². The first kappa shape index (κ1) is 18.2. The molecule has 3 aromatic rings. The number of nitrogens with zero attached hydrogens (tertiary/aromatic N) is 1. The lowest BCUT2D eigenvalue weighted by atomic mass is 10.1. The van der Waals surface area contributed by atoms with E-state index in [4.69, 9.17) is 0 Å². The molecule has 0 saturated carbocycles. The fraction of sp³-hybridized carbons (Fsp3) is 0.143. The zero-order valence-corrected chi connectivity index (χ0v) is 15.4. The van der Waals surface area contributed by atoms with Gasteiger partial charge in [0.1, 0.15) is 0 Å². The van der Waals surface area contributed by atoms with Gasteiger partial charge in [0.2, 0.25) is 10.0 Å². The number of nitrogens with one attached hydrogen (secondary N) is 1. The van der Waals surface area contributed by atoms with Crippen LogP contribution < -0.4 is 9.62 Å². The number of anilines is 1. The molecule has 0 aliphatic heterocycles. The highest BCUT2D eigenvalue weighted by Crippen LogP contribution is 2.25. The molecule has 1 N–H and O–H groups in total. The van der Waals surface area contributed by atoms with E-state index in [-0.39, 0.29) is 17.5 Å². The van der Waals surface area contributed by atoms with Crippen LogP contribution in [0.3, 0.4) is 0 Å². The van der Waals surface area contributed by atoms with E-state index in [1.54, 1.807) is 30.3 Å². The number of likely N-dealkylation sites (N-methyl/N-ethyl adjacent to an activating group) is 1. The number of sulfonamides is 1. The molecule has 3 aromatic carbocycles. The maximum Gasteiger partial charge on any atom is 0.240 e. The second-order valence-corrected chi connectivity index (χ2v) is 7.80. The maximum atomic E-state index is 12.6. The molecule has 4 nitrogen and oxygen atoms in total. The third-order valence-corrected chi connectivity index (χ3v) is 5.78. The molecule has 3 rings (SSSR count). The van der Waals surface area contributed by atoms with E-state index < -0.39 is 10.0 Å². The van der Waals surface area contributed by atoms with E-state index >= 15 is 0 Å². The molecule has 0 amide bonds. The Kier molecular flexibility index (Phi) is 5.71. The third-order valence-electron chi connectivity index (χ3n) is 4.34. The third kappa shape index (κ3) is 4.31. The molecule has 0 aliphatic rings. The van der Waals surface area contributed by atoms with Gasteiger partial charge in [-0.3, -0.25) is 0 Å². The van der Waals surface area contributed by atoms with Crippen LogP contribution in [0.25, 0.3) is 0 Å². The molecule has 0 aromatic heterocycles. The summed E-state index contributed by atoms with van der Waals surface area (Å²) in [6.45, 7) is 0.270. The lowest BCUT2D eigenvalue weighted by Crippen LogP contribution is -2.36. The van der Waals surface area contributed by atoms with Gasteiger partial charge in [0, 0.05) is 19.3 Å². The second-order valence-electron chi connectivity index (χ2n) is 6.04. The zero-order chi connectivity index (χ0) is 18.4. The molecule has 0 aliphatic carbocycles. The van der Waals surface area contributed by atoms with Gasteiger partial charge in [0.25, 0.3) is 0 Å². The van der Waals surface area contributed by atoms with Crippen molar-refractivity contribution in [3.05, 3.63) is 96.6 Å².